The molecule has 0 unspecified atom stereocenters. The van der Waals surface area contributed by atoms with Crippen LogP contribution in [0, 0.1) is 17.3 Å². The van der Waals surface area contributed by atoms with Crippen LogP contribution in [-0.4, -0.2) is 60.1 Å². The second-order valence-corrected chi connectivity index (χ2v) is 7.82. The first-order chi connectivity index (χ1) is 11.7. The van der Waals surface area contributed by atoms with Crippen LogP contribution in [0.5, 0.6) is 0 Å². The van der Waals surface area contributed by atoms with Gasteiger partial charge in [-0.1, -0.05) is 13.0 Å². The molecule has 1 amide bonds. The lowest BCUT2D eigenvalue weighted by Gasteiger charge is -2.27. The first-order valence-corrected chi connectivity index (χ1v) is 9.16. The van der Waals surface area contributed by atoms with Crippen molar-refractivity contribution in [1.82, 2.24) is 14.8 Å². The van der Waals surface area contributed by atoms with E-state index >= 15 is 0 Å². The summed E-state index contributed by atoms with van der Waals surface area (Å²) in [7, 11) is 0. The molecule has 3 atom stereocenters. The Labute approximate surface area is 144 Å². The van der Waals surface area contributed by atoms with Crippen LogP contribution in [0.25, 0.3) is 0 Å². The number of aromatic nitrogens is 1. The number of ether oxygens (including phenoxy) is 1. The fraction of sp³-hybridized carbons (Fsp3) is 0.684. The van der Waals surface area contributed by atoms with Crippen molar-refractivity contribution in [2.24, 2.45) is 17.3 Å². The molecule has 1 aromatic heterocycles. The zero-order valence-electron chi connectivity index (χ0n) is 14.5. The number of likely N-dealkylation sites (tertiary alicyclic amines) is 2. The van der Waals surface area contributed by atoms with Crippen molar-refractivity contribution in [1.29, 1.82) is 0 Å². The number of hydrogen-bond acceptors (Lipinski definition) is 4. The molecule has 3 aliphatic heterocycles. The number of rotatable bonds is 4. The van der Waals surface area contributed by atoms with E-state index < -0.39 is 0 Å². The Morgan fingerprint density at radius 3 is 3.12 bits per heavy atom. The summed E-state index contributed by atoms with van der Waals surface area (Å²) in [6, 6.07) is 3.99. The summed E-state index contributed by atoms with van der Waals surface area (Å²) in [6.45, 7) is 8.67. The first-order valence-electron chi connectivity index (χ1n) is 9.16. The standard InChI is InChI=1S/C19H27N3O2/c1-15-10-21(11-17-4-8-24-13-17)14-19(15)5-7-22(18(19)23)12-16-3-2-6-20-9-16/h2-3,6,9,15,17H,4-5,7-8,10-14H2,1H3/t15-,17-,19+/m1/s1. The molecule has 3 saturated heterocycles. The van der Waals surface area contributed by atoms with Crippen LogP contribution in [-0.2, 0) is 16.1 Å². The zero-order chi connectivity index (χ0) is 16.6. The van der Waals surface area contributed by atoms with Crippen LogP contribution in [0.1, 0.15) is 25.3 Å². The van der Waals surface area contributed by atoms with Gasteiger partial charge in [-0.15, -0.1) is 0 Å². The molecule has 1 aromatic rings. The lowest BCUT2D eigenvalue weighted by atomic mass is 9.78. The Balaban J connectivity index is 1.42. The van der Waals surface area contributed by atoms with E-state index in [-0.39, 0.29) is 5.41 Å². The molecule has 0 radical (unpaired) electrons. The monoisotopic (exact) mass is 329 g/mol. The molecule has 0 N–H and O–H groups in total. The fourth-order valence-corrected chi connectivity index (χ4v) is 4.74. The molecule has 1 spiro atoms. The topological polar surface area (TPSA) is 45.7 Å². The third kappa shape index (κ3) is 2.84. The van der Waals surface area contributed by atoms with Gasteiger partial charge in [0, 0.05) is 51.7 Å². The highest BCUT2D eigenvalue weighted by atomic mass is 16.5. The first kappa shape index (κ1) is 16.0. The molecule has 0 bridgehead atoms. The number of amides is 1. The van der Waals surface area contributed by atoms with E-state index in [1.54, 1.807) is 6.20 Å². The van der Waals surface area contributed by atoms with Crippen molar-refractivity contribution in [3.05, 3.63) is 30.1 Å². The molecule has 0 aliphatic carbocycles. The van der Waals surface area contributed by atoms with Gasteiger partial charge < -0.3 is 14.5 Å². The van der Waals surface area contributed by atoms with Gasteiger partial charge in [-0.3, -0.25) is 9.78 Å². The quantitative estimate of drug-likeness (QED) is 0.845. The van der Waals surface area contributed by atoms with Gasteiger partial charge in [-0.25, -0.2) is 0 Å². The SMILES string of the molecule is C[C@@H]1CN(C[C@H]2CCOC2)C[C@@]12CCN(Cc1cccnc1)C2=O. The highest BCUT2D eigenvalue weighted by Crippen LogP contribution is 2.45. The van der Waals surface area contributed by atoms with Crippen LogP contribution in [0.4, 0.5) is 0 Å². The van der Waals surface area contributed by atoms with E-state index in [0.29, 0.717) is 24.3 Å². The van der Waals surface area contributed by atoms with E-state index in [1.807, 2.05) is 17.2 Å². The molecule has 4 rings (SSSR count). The molecule has 24 heavy (non-hydrogen) atoms. The third-order valence-corrected chi connectivity index (χ3v) is 6.16. The Morgan fingerprint density at radius 1 is 1.46 bits per heavy atom. The molecular weight excluding hydrogens is 302 g/mol. The molecule has 4 heterocycles. The number of nitrogens with zero attached hydrogens (tertiary/aromatic N) is 3. The minimum Gasteiger partial charge on any atom is -0.381 e. The van der Waals surface area contributed by atoms with E-state index in [4.69, 9.17) is 4.74 Å². The van der Waals surface area contributed by atoms with Gasteiger partial charge in [0.2, 0.25) is 5.91 Å². The second kappa shape index (κ2) is 6.45. The smallest absolute Gasteiger partial charge is 0.230 e. The van der Waals surface area contributed by atoms with Gasteiger partial charge in [0.25, 0.3) is 0 Å². The lowest BCUT2D eigenvalue weighted by molar-refractivity contribution is -0.137. The molecule has 0 saturated carbocycles. The van der Waals surface area contributed by atoms with Crippen molar-refractivity contribution in [2.45, 2.75) is 26.3 Å². The molecule has 3 aliphatic rings. The average Bonchev–Trinajstić information content (AvgIpc) is 3.27. The van der Waals surface area contributed by atoms with Crippen LogP contribution >= 0.6 is 0 Å². The number of carbonyl (C=O) groups is 1. The Hall–Kier alpha value is -1.46. The summed E-state index contributed by atoms with van der Waals surface area (Å²) < 4.78 is 5.51. The maximum absolute atomic E-state index is 13.2. The van der Waals surface area contributed by atoms with Gasteiger partial charge in [-0.05, 0) is 36.3 Å². The second-order valence-electron chi connectivity index (χ2n) is 7.82. The van der Waals surface area contributed by atoms with Gasteiger partial charge in [0.05, 0.1) is 12.0 Å². The molecular formula is C19H27N3O2. The van der Waals surface area contributed by atoms with Crippen molar-refractivity contribution >= 4 is 5.91 Å². The van der Waals surface area contributed by atoms with E-state index in [0.717, 1.165) is 51.4 Å². The van der Waals surface area contributed by atoms with Crippen molar-refractivity contribution < 1.29 is 9.53 Å². The van der Waals surface area contributed by atoms with Crippen LogP contribution in [0.3, 0.4) is 0 Å². The maximum Gasteiger partial charge on any atom is 0.230 e. The lowest BCUT2D eigenvalue weighted by Crippen LogP contribution is -2.39. The summed E-state index contributed by atoms with van der Waals surface area (Å²) in [4.78, 5) is 21.9. The van der Waals surface area contributed by atoms with Crippen LogP contribution in [0.2, 0.25) is 0 Å². The highest BCUT2D eigenvalue weighted by molar-refractivity contribution is 5.86. The summed E-state index contributed by atoms with van der Waals surface area (Å²) in [6.07, 6.45) is 5.80. The van der Waals surface area contributed by atoms with Crippen molar-refractivity contribution in [2.75, 3.05) is 39.4 Å². The third-order valence-electron chi connectivity index (χ3n) is 6.16. The molecule has 5 nitrogen and oxygen atoms in total. The van der Waals surface area contributed by atoms with Crippen LogP contribution < -0.4 is 0 Å². The Morgan fingerprint density at radius 2 is 2.38 bits per heavy atom. The van der Waals surface area contributed by atoms with Crippen molar-refractivity contribution in [3.8, 4) is 0 Å². The molecule has 130 valence electrons. The summed E-state index contributed by atoms with van der Waals surface area (Å²) in [5.41, 5.74) is 0.954. The fourth-order valence-electron chi connectivity index (χ4n) is 4.74. The van der Waals surface area contributed by atoms with Gasteiger partial charge in [-0.2, -0.15) is 0 Å². The van der Waals surface area contributed by atoms with E-state index in [1.165, 1.54) is 6.42 Å². The number of carbonyl (C=O) groups excluding carboxylic acids is 1. The zero-order valence-corrected chi connectivity index (χ0v) is 14.5. The minimum atomic E-state index is -0.165. The van der Waals surface area contributed by atoms with E-state index in [9.17, 15) is 4.79 Å². The minimum absolute atomic E-state index is 0.165. The summed E-state index contributed by atoms with van der Waals surface area (Å²) in [5.74, 6) is 1.44. The largest absolute Gasteiger partial charge is 0.381 e. The van der Waals surface area contributed by atoms with Gasteiger partial charge in [0.15, 0.2) is 0 Å². The van der Waals surface area contributed by atoms with E-state index in [2.05, 4.69) is 22.9 Å². The highest BCUT2D eigenvalue weighted by Gasteiger charge is 2.54. The average molecular weight is 329 g/mol. The van der Waals surface area contributed by atoms with Crippen molar-refractivity contribution in [3.63, 3.8) is 0 Å². The number of pyridine rings is 1. The predicted octanol–water partition coefficient (Wildman–Crippen LogP) is 1.79. The van der Waals surface area contributed by atoms with Crippen LogP contribution in [0.15, 0.2) is 24.5 Å². The molecule has 5 heteroatoms. The molecule has 0 aromatic carbocycles. The normalized spacial score (nSPS) is 33.9. The predicted molar refractivity (Wildman–Crippen MR) is 91.2 cm³/mol. The Bertz CT molecular complexity index is 588. The van der Waals surface area contributed by atoms with Gasteiger partial charge in [0.1, 0.15) is 0 Å². The molecule has 3 fully saturated rings. The summed E-state index contributed by atoms with van der Waals surface area (Å²) >= 11 is 0. The summed E-state index contributed by atoms with van der Waals surface area (Å²) in [5, 5.41) is 0. The van der Waals surface area contributed by atoms with Gasteiger partial charge >= 0.3 is 0 Å². The Kier molecular flexibility index (Phi) is 4.31. The maximum atomic E-state index is 13.2. The number of hydrogen-bond donors (Lipinski definition) is 0.